The van der Waals surface area contributed by atoms with Gasteiger partial charge >= 0.3 is 12.0 Å². The zero-order chi connectivity index (χ0) is 15.4. The van der Waals surface area contributed by atoms with E-state index in [4.69, 9.17) is 9.84 Å². The van der Waals surface area contributed by atoms with Crippen LogP contribution in [0.3, 0.4) is 0 Å². The maximum absolute atomic E-state index is 12.2. The number of hydrogen-bond acceptors (Lipinski definition) is 3. The van der Waals surface area contributed by atoms with Crippen molar-refractivity contribution < 1.29 is 19.4 Å². The Hall–Kier alpha value is -2.50. The highest BCUT2D eigenvalue weighted by molar-refractivity contribution is 5.99. The molecular formula is C15H18N2O4. The minimum atomic E-state index is -1.07. The number of benzene rings is 1. The molecule has 0 aromatic heterocycles. The normalized spacial score (nSPS) is 13.0. The zero-order valence-electron chi connectivity index (χ0n) is 12.0. The molecule has 1 aromatic rings. The molecule has 6 heteroatoms. The topological polar surface area (TPSA) is 78.9 Å². The van der Waals surface area contributed by atoms with Gasteiger partial charge in [-0.3, -0.25) is 4.90 Å². The third kappa shape index (κ3) is 3.34. The van der Waals surface area contributed by atoms with Crippen LogP contribution in [0.1, 0.15) is 24.2 Å². The number of nitrogens with zero attached hydrogens (tertiary/aromatic N) is 1. The second-order valence-corrected chi connectivity index (χ2v) is 4.93. The van der Waals surface area contributed by atoms with Crippen molar-refractivity contribution in [3.63, 3.8) is 0 Å². The van der Waals surface area contributed by atoms with Crippen LogP contribution in [-0.2, 0) is 0 Å². The SMILES string of the molecule is CC(C)=CCNC(=O)N1CCOc2c(C(=O)O)cccc21. The van der Waals surface area contributed by atoms with Crippen molar-refractivity contribution >= 4 is 17.7 Å². The van der Waals surface area contributed by atoms with Gasteiger partial charge in [0, 0.05) is 6.54 Å². The van der Waals surface area contributed by atoms with Gasteiger partial charge in [0.25, 0.3) is 0 Å². The molecule has 0 saturated carbocycles. The van der Waals surface area contributed by atoms with E-state index in [2.05, 4.69) is 5.32 Å². The Bertz CT molecular complexity index is 591. The molecule has 0 fully saturated rings. The lowest BCUT2D eigenvalue weighted by molar-refractivity contribution is 0.0692. The molecule has 1 heterocycles. The lowest BCUT2D eigenvalue weighted by atomic mass is 10.1. The summed E-state index contributed by atoms with van der Waals surface area (Å²) in [7, 11) is 0. The summed E-state index contributed by atoms with van der Waals surface area (Å²) in [6.45, 7) is 5.00. The maximum Gasteiger partial charge on any atom is 0.339 e. The average Bonchev–Trinajstić information content (AvgIpc) is 2.45. The van der Waals surface area contributed by atoms with Gasteiger partial charge in [-0.15, -0.1) is 0 Å². The smallest absolute Gasteiger partial charge is 0.339 e. The Balaban J connectivity index is 2.22. The molecule has 0 spiro atoms. The highest BCUT2D eigenvalue weighted by atomic mass is 16.5. The summed E-state index contributed by atoms with van der Waals surface area (Å²) >= 11 is 0. The number of amides is 2. The largest absolute Gasteiger partial charge is 0.489 e. The van der Waals surface area contributed by atoms with E-state index in [1.807, 2.05) is 19.9 Å². The van der Waals surface area contributed by atoms with Crippen LogP contribution in [0, 0.1) is 0 Å². The molecule has 0 radical (unpaired) electrons. The number of para-hydroxylation sites is 1. The number of rotatable bonds is 3. The first-order chi connectivity index (χ1) is 10.0. The second-order valence-electron chi connectivity index (χ2n) is 4.93. The van der Waals surface area contributed by atoms with Gasteiger partial charge < -0.3 is 15.2 Å². The second kappa shape index (κ2) is 6.30. The first-order valence-corrected chi connectivity index (χ1v) is 6.68. The monoisotopic (exact) mass is 290 g/mol. The molecule has 2 rings (SSSR count). The fourth-order valence-corrected chi connectivity index (χ4v) is 2.07. The third-order valence-corrected chi connectivity index (χ3v) is 3.09. The minimum absolute atomic E-state index is 0.0642. The van der Waals surface area contributed by atoms with E-state index in [1.165, 1.54) is 11.0 Å². The first-order valence-electron chi connectivity index (χ1n) is 6.68. The van der Waals surface area contributed by atoms with Gasteiger partial charge in [0.1, 0.15) is 12.2 Å². The van der Waals surface area contributed by atoms with E-state index in [-0.39, 0.29) is 24.0 Å². The van der Waals surface area contributed by atoms with Gasteiger partial charge in [-0.2, -0.15) is 0 Å². The number of aromatic carboxylic acids is 1. The van der Waals surface area contributed by atoms with E-state index in [0.29, 0.717) is 18.8 Å². The Kier molecular flexibility index (Phi) is 4.47. The maximum atomic E-state index is 12.2. The number of hydrogen-bond donors (Lipinski definition) is 2. The van der Waals surface area contributed by atoms with Crippen LogP contribution in [0.4, 0.5) is 10.5 Å². The zero-order valence-corrected chi connectivity index (χ0v) is 12.0. The first kappa shape index (κ1) is 14.9. The van der Waals surface area contributed by atoms with Crippen molar-refractivity contribution in [2.75, 3.05) is 24.6 Å². The van der Waals surface area contributed by atoms with Crippen LogP contribution in [0.5, 0.6) is 5.75 Å². The molecule has 2 amide bonds. The number of urea groups is 1. The number of anilines is 1. The summed E-state index contributed by atoms with van der Waals surface area (Å²) < 4.78 is 5.42. The van der Waals surface area contributed by atoms with Gasteiger partial charge in [-0.1, -0.05) is 17.7 Å². The van der Waals surface area contributed by atoms with Gasteiger partial charge in [0.15, 0.2) is 5.75 Å². The van der Waals surface area contributed by atoms with Crippen molar-refractivity contribution in [2.45, 2.75) is 13.8 Å². The van der Waals surface area contributed by atoms with Gasteiger partial charge in [-0.05, 0) is 26.0 Å². The number of carboxylic acids is 1. The Labute approximate surface area is 123 Å². The highest BCUT2D eigenvalue weighted by Gasteiger charge is 2.27. The number of carbonyl (C=O) groups is 2. The highest BCUT2D eigenvalue weighted by Crippen LogP contribution is 2.34. The lowest BCUT2D eigenvalue weighted by Gasteiger charge is -2.30. The van der Waals surface area contributed by atoms with E-state index in [9.17, 15) is 9.59 Å². The van der Waals surface area contributed by atoms with Gasteiger partial charge in [0.2, 0.25) is 0 Å². The summed E-state index contributed by atoms with van der Waals surface area (Å²) in [5.74, 6) is -0.827. The third-order valence-electron chi connectivity index (χ3n) is 3.09. The molecule has 1 aromatic carbocycles. The number of ether oxygens (including phenoxy) is 1. The number of carbonyl (C=O) groups excluding carboxylic acids is 1. The summed E-state index contributed by atoms with van der Waals surface area (Å²) in [5.41, 5.74) is 1.66. The van der Waals surface area contributed by atoms with E-state index >= 15 is 0 Å². The number of nitrogens with one attached hydrogen (secondary N) is 1. The van der Waals surface area contributed by atoms with Crippen molar-refractivity contribution in [1.29, 1.82) is 0 Å². The van der Waals surface area contributed by atoms with Crippen LogP contribution in [0.25, 0.3) is 0 Å². The fraction of sp³-hybridized carbons (Fsp3) is 0.333. The molecule has 0 aliphatic carbocycles. The molecular weight excluding hydrogens is 272 g/mol. The summed E-state index contributed by atoms with van der Waals surface area (Å²) in [6, 6.07) is 4.49. The van der Waals surface area contributed by atoms with Crippen LogP contribution in [-0.4, -0.2) is 36.8 Å². The summed E-state index contributed by atoms with van der Waals surface area (Å²) in [5, 5.41) is 11.9. The van der Waals surface area contributed by atoms with E-state index in [1.54, 1.807) is 12.1 Å². The molecule has 2 N–H and O–H groups in total. The summed E-state index contributed by atoms with van der Waals surface area (Å²) in [4.78, 5) is 24.9. The Morgan fingerprint density at radius 3 is 2.86 bits per heavy atom. The quantitative estimate of drug-likeness (QED) is 0.837. The summed E-state index contributed by atoms with van der Waals surface area (Å²) in [6.07, 6.45) is 1.91. The van der Waals surface area contributed by atoms with E-state index < -0.39 is 5.97 Å². The molecule has 0 atom stereocenters. The predicted octanol–water partition coefficient (Wildman–Crippen LogP) is 2.26. The Morgan fingerprint density at radius 2 is 2.19 bits per heavy atom. The van der Waals surface area contributed by atoms with Crippen LogP contribution in [0.15, 0.2) is 29.8 Å². The van der Waals surface area contributed by atoms with Crippen LogP contribution >= 0.6 is 0 Å². The molecule has 0 unspecified atom stereocenters. The lowest BCUT2D eigenvalue weighted by Crippen LogP contribution is -2.44. The molecule has 112 valence electrons. The molecule has 1 aliphatic rings. The predicted molar refractivity (Wildman–Crippen MR) is 79.1 cm³/mol. The standard InChI is InChI=1S/C15H18N2O4/c1-10(2)6-7-16-15(20)17-8-9-21-13-11(14(18)19)4-3-5-12(13)17/h3-6H,7-9H2,1-2H3,(H,16,20)(H,18,19). The molecule has 0 saturated heterocycles. The number of allylic oxidation sites excluding steroid dienone is 1. The molecule has 6 nitrogen and oxygen atoms in total. The van der Waals surface area contributed by atoms with Crippen LogP contribution in [0.2, 0.25) is 0 Å². The van der Waals surface area contributed by atoms with Crippen molar-refractivity contribution in [1.82, 2.24) is 5.32 Å². The van der Waals surface area contributed by atoms with Gasteiger partial charge in [-0.25, -0.2) is 9.59 Å². The van der Waals surface area contributed by atoms with Crippen molar-refractivity contribution in [3.05, 3.63) is 35.4 Å². The molecule has 0 bridgehead atoms. The van der Waals surface area contributed by atoms with Gasteiger partial charge in [0.05, 0.1) is 12.2 Å². The molecule has 1 aliphatic heterocycles. The van der Waals surface area contributed by atoms with Crippen molar-refractivity contribution in [3.8, 4) is 5.75 Å². The van der Waals surface area contributed by atoms with E-state index in [0.717, 1.165) is 5.57 Å². The van der Waals surface area contributed by atoms with Crippen LogP contribution < -0.4 is 15.0 Å². The molecule has 21 heavy (non-hydrogen) atoms. The Morgan fingerprint density at radius 1 is 1.43 bits per heavy atom. The average molecular weight is 290 g/mol. The van der Waals surface area contributed by atoms with Crippen molar-refractivity contribution in [2.24, 2.45) is 0 Å². The fourth-order valence-electron chi connectivity index (χ4n) is 2.07. The minimum Gasteiger partial charge on any atom is -0.489 e. The number of carboxylic acid groups (broad SMARTS) is 1. The number of fused-ring (bicyclic) bond motifs is 1.